The van der Waals surface area contributed by atoms with Crippen LogP contribution < -0.4 is 19.7 Å². The molecule has 0 spiro atoms. The fourth-order valence-electron chi connectivity index (χ4n) is 2.94. The Balaban J connectivity index is 1.70. The van der Waals surface area contributed by atoms with E-state index in [0.29, 0.717) is 45.9 Å². The highest BCUT2D eigenvalue weighted by Crippen LogP contribution is 2.34. The van der Waals surface area contributed by atoms with Crippen LogP contribution in [0.25, 0.3) is 0 Å². The number of methoxy groups -OCH3 is 1. The Morgan fingerprint density at radius 1 is 1.18 bits per heavy atom. The molecular weight excluding hydrogens is 403 g/mol. The van der Waals surface area contributed by atoms with Crippen molar-refractivity contribution in [3.63, 3.8) is 0 Å². The summed E-state index contributed by atoms with van der Waals surface area (Å²) in [5.41, 5.74) is 1.23. The predicted octanol–water partition coefficient (Wildman–Crippen LogP) is 4.53. The number of nitrogens with zero attached hydrogens (tertiary/aromatic N) is 1. The summed E-state index contributed by atoms with van der Waals surface area (Å²) < 4.78 is 11.0. The van der Waals surface area contributed by atoms with Crippen LogP contribution in [0.5, 0.6) is 11.5 Å². The molecule has 0 radical (unpaired) electrons. The third kappa shape index (κ3) is 4.51. The van der Waals surface area contributed by atoms with E-state index < -0.39 is 6.10 Å². The van der Waals surface area contributed by atoms with Crippen molar-refractivity contribution >= 4 is 46.4 Å². The smallest absolute Gasteiger partial charge is 0.265 e. The normalized spacial score (nSPS) is 14.7. The Bertz CT molecular complexity index is 904. The van der Waals surface area contributed by atoms with Gasteiger partial charge in [0.05, 0.1) is 17.8 Å². The van der Waals surface area contributed by atoms with Gasteiger partial charge in [-0.3, -0.25) is 9.59 Å². The molecule has 0 aromatic heterocycles. The van der Waals surface area contributed by atoms with E-state index in [1.165, 1.54) is 7.11 Å². The van der Waals surface area contributed by atoms with Crippen molar-refractivity contribution in [2.24, 2.45) is 0 Å². The molecule has 2 amide bonds. The van der Waals surface area contributed by atoms with Crippen molar-refractivity contribution in [3.05, 3.63) is 46.4 Å². The van der Waals surface area contributed by atoms with Gasteiger partial charge in [-0.2, -0.15) is 0 Å². The summed E-state index contributed by atoms with van der Waals surface area (Å²) in [5, 5.41) is 3.59. The number of ether oxygens (including phenoxy) is 2. The monoisotopic (exact) mass is 422 g/mol. The number of halogens is 2. The molecule has 8 heteroatoms. The quantitative estimate of drug-likeness (QED) is 0.741. The van der Waals surface area contributed by atoms with Crippen LogP contribution in [0.15, 0.2) is 36.4 Å². The first-order chi connectivity index (χ1) is 13.4. The molecule has 0 unspecified atom stereocenters. The van der Waals surface area contributed by atoms with Crippen molar-refractivity contribution in [2.45, 2.75) is 25.9 Å². The van der Waals surface area contributed by atoms with E-state index in [0.717, 1.165) is 6.42 Å². The molecule has 0 aliphatic carbocycles. The molecule has 1 saturated heterocycles. The van der Waals surface area contributed by atoms with Gasteiger partial charge in [-0.05, 0) is 43.7 Å². The van der Waals surface area contributed by atoms with Gasteiger partial charge >= 0.3 is 0 Å². The fraction of sp³-hybridized carbons (Fsp3) is 0.300. The number of amides is 2. The van der Waals surface area contributed by atoms with Crippen LogP contribution in [-0.4, -0.2) is 31.6 Å². The van der Waals surface area contributed by atoms with E-state index in [9.17, 15) is 9.59 Å². The summed E-state index contributed by atoms with van der Waals surface area (Å²) in [6.45, 7) is 2.28. The second-order valence-electron chi connectivity index (χ2n) is 6.36. The molecule has 3 rings (SSSR count). The van der Waals surface area contributed by atoms with E-state index in [1.54, 1.807) is 48.2 Å². The van der Waals surface area contributed by atoms with Gasteiger partial charge in [-0.1, -0.05) is 23.2 Å². The van der Waals surface area contributed by atoms with Gasteiger partial charge < -0.3 is 19.7 Å². The van der Waals surface area contributed by atoms with Crippen LogP contribution in [0.3, 0.4) is 0 Å². The molecule has 148 valence electrons. The van der Waals surface area contributed by atoms with Gasteiger partial charge in [-0.25, -0.2) is 0 Å². The third-order valence-corrected chi connectivity index (χ3v) is 4.91. The average molecular weight is 423 g/mol. The molecular formula is C20H20Cl2N2O4. The lowest BCUT2D eigenvalue weighted by molar-refractivity contribution is -0.122. The summed E-state index contributed by atoms with van der Waals surface area (Å²) in [5.74, 6) is 0.603. The Morgan fingerprint density at radius 2 is 1.96 bits per heavy atom. The van der Waals surface area contributed by atoms with Crippen LogP contribution in [0, 0.1) is 0 Å². The number of benzene rings is 2. The van der Waals surface area contributed by atoms with Crippen LogP contribution in [0.2, 0.25) is 10.0 Å². The molecule has 1 heterocycles. The molecule has 0 bridgehead atoms. The lowest BCUT2D eigenvalue weighted by Gasteiger charge is -2.20. The highest BCUT2D eigenvalue weighted by atomic mass is 35.5. The van der Waals surface area contributed by atoms with E-state index in [-0.39, 0.29) is 11.8 Å². The molecule has 28 heavy (non-hydrogen) atoms. The molecule has 1 atom stereocenters. The van der Waals surface area contributed by atoms with Crippen molar-refractivity contribution in [3.8, 4) is 11.5 Å². The molecule has 1 N–H and O–H groups in total. The number of rotatable bonds is 6. The Morgan fingerprint density at radius 3 is 2.61 bits per heavy atom. The minimum atomic E-state index is -0.787. The van der Waals surface area contributed by atoms with Crippen LogP contribution in [-0.2, 0) is 9.59 Å². The first-order valence-electron chi connectivity index (χ1n) is 8.80. The maximum absolute atomic E-state index is 12.5. The maximum atomic E-state index is 12.5. The van der Waals surface area contributed by atoms with Crippen LogP contribution >= 0.6 is 23.2 Å². The molecule has 1 fully saturated rings. The summed E-state index contributed by atoms with van der Waals surface area (Å²) in [7, 11) is 1.53. The van der Waals surface area contributed by atoms with Crippen molar-refractivity contribution < 1.29 is 19.1 Å². The minimum Gasteiger partial charge on any atom is -0.494 e. The van der Waals surface area contributed by atoms with Gasteiger partial charge in [0.1, 0.15) is 11.5 Å². The van der Waals surface area contributed by atoms with E-state index >= 15 is 0 Å². The van der Waals surface area contributed by atoms with E-state index in [2.05, 4.69) is 5.32 Å². The van der Waals surface area contributed by atoms with Gasteiger partial charge in [0.15, 0.2) is 6.10 Å². The molecule has 1 aliphatic rings. The van der Waals surface area contributed by atoms with Crippen LogP contribution in [0.1, 0.15) is 19.8 Å². The molecule has 2 aromatic carbocycles. The zero-order valence-corrected chi connectivity index (χ0v) is 17.0. The number of carbonyl (C=O) groups excluding carboxylic acids is 2. The number of anilines is 2. The Hall–Kier alpha value is -2.44. The van der Waals surface area contributed by atoms with Gasteiger partial charge in [0.25, 0.3) is 5.91 Å². The average Bonchev–Trinajstić information content (AvgIpc) is 3.09. The number of hydrogen-bond donors (Lipinski definition) is 1. The number of nitrogens with one attached hydrogen (secondary N) is 1. The summed E-state index contributed by atoms with van der Waals surface area (Å²) in [6, 6.07) is 9.96. The molecule has 1 aliphatic heterocycles. The SMILES string of the molecule is COc1cc(NC(=O)[C@@H](C)Oc2ccc(Cl)cc2Cl)ccc1N1CCCC1=O. The van der Waals surface area contributed by atoms with E-state index in [4.69, 9.17) is 32.7 Å². The second kappa shape index (κ2) is 8.71. The first-order valence-corrected chi connectivity index (χ1v) is 9.55. The molecule has 2 aromatic rings. The first kappa shape index (κ1) is 20.3. The highest BCUT2D eigenvalue weighted by molar-refractivity contribution is 6.35. The van der Waals surface area contributed by atoms with Crippen molar-refractivity contribution in [1.29, 1.82) is 0 Å². The zero-order chi connectivity index (χ0) is 20.3. The standard InChI is InChI=1S/C20H20Cl2N2O4/c1-12(28-17-8-5-13(21)10-15(17)22)20(26)23-14-6-7-16(18(11-14)27-2)24-9-3-4-19(24)25/h5-8,10-12H,3-4,9H2,1-2H3,(H,23,26)/t12-/m1/s1. The van der Waals surface area contributed by atoms with Gasteiger partial charge in [0, 0.05) is 29.7 Å². The van der Waals surface area contributed by atoms with Crippen molar-refractivity contribution in [2.75, 3.05) is 23.9 Å². The largest absolute Gasteiger partial charge is 0.494 e. The minimum absolute atomic E-state index is 0.0666. The molecule has 6 nitrogen and oxygen atoms in total. The third-order valence-electron chi connectivity index (χ3n) is 4.38. The second-order valence-corrected chi connectivity index (χ2v) is 7.20. The number of hydrogen-bond acceptors (Lipinski definition) is 4. The maximum Gasteiger partial charge on any atom is 0.265 e. The highest BCUT2D eigenvalue weighted by Gasteiger charge is 2.25. The summed E-state index contributed by atoms with van der Waals surface area (Å²) in [4.78, 5) is 26.2. The van der Waals surface area contributed by atoms with E-state index in [1.807, 2.05) is 0 Å². The number of carbonyl (C=O) groups is 2. The van der Waals surface area contributed by atoms with Gasteiger partial charge in [-0.15, -0.1) is 0 Å². The Labute approximate surface area is 173 Å². The summed E-state index contributed by atoms with van der Waals surface area (Å²) in [6.07, 6.45) is 0.566. The van der Waals surface area contributed by atoms with Gasteiger partial charge in [0.2, 0.25) is 5.91 Å². The summed E-state index contributed by atoms with van der Waals surface area (Å²) >= 11 is 11.9. The van der Waals surface area contributed by atoms with Crippen LogP contribution in [0.4, 0.5) is 11.4 Å². The zero-order valence-electron chi connectivity index (χ0n) is 15.5. The van der Waals surface area contributed by atoms with Crippen molar-refractivity contribution in [1.82, 2.24) is 0 Å². The topological polar surface area (TPSA) is 67.9 Å². The Kier molecular flexibility index (Phi) is 6.31. The lowest BCUT2D eigenvalue weighted by atomic mass is 10.2. The predicted molar refractivity (Wildman–Crippen MR) is 110 cm³/mol. The molecule has 0 saturated carbocycles. The fourth-order valence-corrected chi connectivity index (χ4v) is 3.39. The lowest BCUT2D eigenvalue weighted by Crippen LogP contribution is -2.30.